The van der Waals surface area contributed by atoms with Crippen molar-refractivity contribution in [3.8, 4) is 0 Å². The molecule has 0 spiro atoms. The largest absolute Gasteiger partial charge is 0.352 e. The van der Waals surface area contributed by atoms with Crippen molar-refractivity contribution >= 4 is 34.7 Å². The van der Waals surface area contributed by atoms with E-state index in [1.54, 1.807) is 4.90 Å². The van der Waals surface area contributed by atoms with E-state index in [-0.39, 0.29) is 23.6 Å². The number of anilines is 1. The molecule has 6 nitrogen and oxygen atoms in total. The zero-order chi connectivity index (χ0) is 20.2. The number of carbonyl (C=O) groups excluding carboxylic acids is 3. The summed E-state index contributed by atoms with van der Waals surface area (Å²) in [7, 11) is 0. The summed E-state index contributed by atoms with van der Waals surface area (Å²) in [5, 5.41) is 4.90. The third-order valence-electron chi connectivity index (χ3n) is 5.60. The first-order valence-electron chi connectivity index (χ1n) is 10.1. The van der Waals surface area contributed by atoms with Gasteiger partial charge in [0.1, 0.15) is 0 Å². The van der Waals surface area contributed by atoms with Crippen LogP contribution in [0.4, 0.5) is 5.69 Å². The molecule has 1 unspecified atom stereocenters. The van der Waals surface area contributed by atoms with E-state index in [0.29, 0.717) is 26.1 Å². The Hall–Kier alpha value is -2.67. The van der Waals surface area contributed by atoms with Gasteiger partial charge in [0.2, 0.25) is 11.8 Å². The number of benzene rings is 1. The van der Waals surface area contributed by atoms with Crippen molar-refractivity contribution in [2.75, 3.05) is 24.5 Å². The molecule has 7 heteroatoms. The number of piperidine rings is 1. The lowest BCUT2D eigenvalue weighted by atomic mass is 9.97. The lowest BCUT2D eigenvalue weighted by Crippen LogP contribution is -2.45. The molecule has 1 aromatic carbocycles. The van der Waals surface area contributed by atoms with Crippen LogP contribution in [-0.4, -0.2) is 42.3 Å². The van der Waals surface area contributed by atoms with Crippen LogP contribution in [0.2, 0.25) is 0 Å². The number of thiophene rings is 1. The molecule has 2 aliphatic heterocycles. The van der Waals surface area contributed by atoms with Crippen LogP contribution in [-0.2, 0) is 16.1 Å². The van der Waals surface area contributed by atoms with Crippen LogP contribution in [0.25, 0.3) is 0 Å². The molecule has 0 aliphatic carbocycles. The van der Waals surface area contributed by atoms with E-state index in [1.807, 2.05) is 46.7 Å². The van der Waals surface area contributed by atoms with Crippen molar-refractivity contribution in [1.82, 2.24) is 10.2 Å². The molecule has 2 saturated heterocycles. The van der Waals surface area contributed by atoms with Crippen molar-refractivity contribution in [3.63, 3.8) is 0 Å². The molecule has 1 N–H and O–H groups in total. The van der Waals surface area contributed by atoms with Gasteiger partial charge in [-0.05, 0) is 48.4 Å². The van der Waals surface area contributed by atoms with Gasteiger partial charge in [-0.3, -0.25) is 14.4 Å². The Morgan fingerprint density at radius 2 is 1.93 bits per heavy atom. The molecular weight excluding hydrogens is 386 g/mol. The van der Waals surface area contributed by atoms with Crippen molar-refractivity contribution in [2.24, 2.45) is 5.92 Å². The fourth-order valence-corrected chi connectivity index (χ4v) is 4.67. The summed E-state index contributed by atoms with van der Waals surface area (Å²) in [6, 6.07) is 11.5. The highest BCUT2D eigenvalue weighted by Crippen LogP contribution is 2.23. The van der Waals surface area contributed by atoms with Crippen LogP contribution in [0.15, 0.2) is 41.8 Å². The molecule has 0 saturated carbocycles. The Kier molecular flexibility index (Phi) is 5.94. The molecule has 3 amide bonds. The van der Waals surface area contributed by atoms with Gasteiger partial charge in [0.15, 0.2) is 0 Å². The van der Waals surface area contributed by atoms with E-state index < -0.39 is 0 Å². The zero-order valence-electron chi connectivity index (χ0n) is 16.3. The number of nitrogens with zero attached hydrogens (tertiary/aromatic N) is 2. The minimum absolute atomic E-state index is 0.00697. The number of likely N-dealkylation sites (tertiary alicyclic amines) is 1. The SMILES string of the molecule is O=C(NCc1ccc(N2CCCC2=O)cc1)C1CCCN(C(=O)c2cccs2)C1. The molecule has 0 bridgehead atoms. The summed E-state index contributed by atoms with van der Waals surface area (Å²) in [6.07, 6.45) is 3.17. The minimum atomic E-state index is -0.172. The van der Waals surface area contributed by atoms with Crippen LogP contribution in [0.3, 0.4) is 0 Å². The Labute approximate surface area is 174 Å². The molecule has 1 aromatic heterocycles. The standard InChI is InChI=1S/C22H25N3O3S/c26-20-6-2-12-25(20)18-9-7-16(8-10-18)14-23-21(27)17-4-1-11-24(15-17)22(28)19-5-3-13-29-19/h3,5,7-10,13,17H,1-2,4,6,11-12,14-15H2,(H,23,27). The number of hydrogen-bond donors (Lipinski definition) is 1. The molecule has 2 aromatic rings. The van der Waals surface area contributed by atoms with Gasteiger partial charge in [0, 0.05) is 38.3 Å². The van der Waals surface area contributed by atoms with Gasteiger partial charge >= 0.3 is 0 Å². The lowest BCUT2D eigenvalue weighted by molar-refractivity contribution is -0.126. The second-order valence-electron chi connectivity index (χ2n) is 7.60. The highest BCUT2D eigenvalue weighted by atomic mass is 32.1. The highest BCUT2D eigenvalue weighted by molar-refractivity contribution is 7.12. The van der Waals surface area contributed by atoms with Crippen molar-refractivity contribution in [3.05, 3.63) is 52.2 Å². The number of nitrogens with one attached hydrogen (secondary N) is 1. The first kappa shape index (κ1) is 19.6. The van der Waals surface area contributed by atoms with Gasteiger partial charge in [0.25, 0.3) is 5.91 Å². The predicted octanol–water partition coefficient (Wildman–Crippen LogP) is 3.04. The summed E-state index contributed by atoms with van der Waals surface area (Å²) in [5.74, 6) is 0.0104. The van der Waals surface area contributed by atoms with Gasteiger partial charge in [0.05, 0.1) is 10.8 Å². The maximum Gasteiger partial charge on any atom is 0.263 e. The third-order valence-corrected chi connectivity index (χ3v) is 6.46. The minimum Gasteiger partial charge on any atom is -0.352 e. The summed E-state index contributed by atoms with van der Waals surface area (Å²) in [6.45, 7) is 2.40. The fraction of sp³-hybridized carbons (Fsp3) is 0.409. The van der Waals surface area contributed by atoms with Crippen LogP contribution in [0.1, 0.15) is 40.9 Å². The van der Waals surface area contributed by atoms with Crippen LogP contribution < -0.4 is 10.2 Å². The summed E-state index contributed by atoms with van der Waals surface area (Å²) in [5.41, 5.74) is 1.91. The topological polar surface area (TPSA) is 69.7 Å². The van der Waals surface area contributed by atoms with Gasteiger partial charge < -0.3 is 15.1 Å². The van der Waals surface area contributed by atoms with E-state index in [0.717, 1.165) is 41.9 Å². The number of hydrogen-bond acceptors (Lipinski definition) is 4. The second kappa shape index (κ2) is 8.78. The molecule has 4 rings (SSSR count). The van der Waals surface area contributed by atoms with Crippen LogP contribution in [0.5, 0.6) is 0 Å². The van der Waals surface area contributed by atoms with Gasteiger partial charge in [-0.1, -0.05) is 18.2 Å². The molecule has 2 aliphatic rings. The van der Waals surface area contributed by atoms with E-state index in [9.17, 15) is 14.4 Å². The first-order valence-corrected chi connectivity index (χ1v) is 11.0. The van der Waals surface area contributed by atoms with E-state index >= 15 is 0 Å². The van der Waals surface area contributed by atoms with Crippen molar-refractivity contribution in [2.45, 2.75) is 32.2 Å². The van der Waals surface area contributed by atoms with E-state index in [4.69, 9.17) is 0 Å². The van der Waals surface area contributed by atoms with Gasteiger partial charge in [-0.15, -0.1) is 11.3 Å². The van der Waals surface area contributed by atoms with Gasteiger partial charge in [-0.2, -0.15) is 0 Å². The third kappa shape index (κ3) is 4.50. The van der Waals surface area contributed by atoms with Crippen molar-refractivity contribution in [1.29, 1.82) is 0 Å². The molecule has 152 valence electrons. The normalized spacial score (nSPS) is 19.4. The first-order chi connectivity index (χ1) is 14.1. The smallest absolute Gasteiger partial charge is 0.263 e. The zero-order valence-corrected chi connectivity index (χ0v) is 17.1. The Bertz CT molecular complexity index is 879. The maximum atomic E-state index is 12.6. The van der Waals surface area contributed by atoms with Crippen LogP contribution >= 0.6 is 11.3 Å². The monoisotopic (exact) mass is 411 g/mol. The average Bonchev–Trinajstić information content (AvgIpc) is 3.44. The van der Waals surface area contributed by atoms with Crippen molar-refractivity contribution < 1.29 is 14.4 Å². The summed E-state index contributed by atoms with van der Waals surface area (Å²) >= 11 is 1.44. The molecule has 1 atom stereocenters. The number of rotatable bonds is 5. The molecule has 2 fully saturated rings. The average molecular weight is 412 g/mol. The Morgan fingerprint density at radius 3 is 2.62 bits per heavy atom. The number of amides is 3. The molecular formula is C22H25N3O3S. The second-order valence-corrected chi connectivity index (χ2v) is 8.55. The van der Waals surface area contributed by atoms with Gasteiger partial charge in [-0.25, -0.2) is 0 Å². The summed E-state index contributed by atoms with van der Waals surface area (Å²) < 4.78 is 0. The lowest BCUT2D eigenvalue weighted by Gasteiger charge is -2.31. The Morgan fingerprint density at radius 1 is 1.10 bits per heavy atom. The van der Waals surface area contributed by atoms with E-state index in [2.05, 4.69) is 5.32 Å². The molecule has 3 heterocycles. The number of carbonyl (C=O) groups is 3. The Balaban J connectivity index is 1.30. The quantitative estimate of drug-likeness (QED) is 0.822. The highest BCUT2D eigenvalue weighted by Gasteiger charge is 2.29. The van der Waals surface area contributed by atoms with E-state index in [1.165, 1.54) is 11.3 Å². The maximum absolute atomic E-state index is 12.6. The fourth-order valence-electron chi connectivity index (χ4n) is 3.98. The molecule has 0 radical (unpaired) electrons. The van der Waals surface area contributed by atoms with Crippen LogP contribution in [0, 0.1) is 5.92 Å². The predicted molar refractivity (Wildman–Crippen MR) is 113 cm³/mol. The summed E-state index contributed by atoms with van der Waals surface area (Å²) in [4.78, 5) is 41.4. The molecule has 29 heavy (non-hydrogen) atoms.